The van der Waals surface area contributed by atoms with Crippen molar-refractivity contribution in [2.45, 2.75) is 18.4 Å². The number of hydrogen-bond donors (Lipinski definition) is 1. The zero-order chi connectivity index (χ0) is 23.3. The highest BCUT2D eigenvalue weighted by atomic mass is 35.5. The monoisotopic (exact) mass is 489 g/mol. The summed E-state index contributed by atoms with van der Waals surface area (Å²) in [6, 6.07) is 18.3. The number of amides is 1. The lowest BCUT2D eigenvalue weighted by Gasteiger charge is -2.17. The molecule has 3 aromatic carbocycles. The van der Waals surface area contributed by atoms with Crippen molar-refractivity contribution in [3.05, 3.63) is 99.0 Å². The first-order chi connectivity index (χ1) is 15.2. The number of sulfonamides is 1. The van der Waals surface area contributed by atoms with Crippen LogP contribution in [0.1, 0.15) is 27.0 Å². The van der Waals surface area contributed by atoms with Gasteiger partial charge in [-0.3, -0.25) is 4.79 Å². The van der Waals surface area contributed by atoms with E-state index in [1.54, 1.807) is 66.7 Å². The first-order valence-electron chi connectivity index (χ1n) is 9.57. The number of rotatable bonds is 7. The van der Waals surface area contributed by atoms with E-state index in [4.69, 9.17) is 23.2 Å². The summed E-state index contributed by atoms with van der Waals surface area (Å²) in [5.74, 6) is -0.395. The predicted octanol–water partition coefficient (Wildman–Crippen LogP) is 4.89. The van der Waals surface area contributed by atoms with E-state index in [0.29, 0.717) is 21.2 Å². The van der Waals surface area contributed by atoms with Crippen molar-refractivity contribution < 1.29 is 13.2 Å². The minimum Gasteiger partial charge on any atom is -0.267 e. The van der Waals surface area contributed by atoms with Gasteiger partial charge in [-0.2, -0.15) is 9.41 Å². The number of benzene rings is 3. The van der Waals surface area contributed by atoms with Crippen molar-refractivity contribution in [1.82, 2.24) is 9.73 Å². The lowest BCUT2D eigenvalue weighted by Crippen LogP contribution is -2.26. The van der Waals surface area contributed by atoms with Crippen LogP contribution in [0.5, 0.6) is 0 Å². The molecule has 0 bridgehead atoms. The summed E-state index contributed by atoms with van der Waals surface area (Å²) < 4.78 is 26.7. The summed E-state index contributed by atoms with van der Waals surface area (Å²) >= 11 is 11.8. The molecule has 0 spiro atoms. The van der Waals surface area contributed by atoms with Crippen LogP contribution in [0.15, 0.2) is 76.7 Å². The summed E-state index contributed by atoms with van der Waals surface area (Å²) in [7, 11) is -2.09. The summed E-state index contributed by atoms with van der Waals surface area (Å²) in [5, 5.41) is 4.75. The van der Waals surface area contributed by atoms with Gasteiger partial charge in [0.2, 0.25) is 10.0 Å². The molecule has 0 saturated heterocycles. The normalized spacial score (nSPS) is 11.8. The Labute approximate surface area is 197 Å². The van der Waals surface area contributed by atoms with Crippen molar-refractivity contribution >= 4 is 45.3 Å². The second-order valence-corrected chi connectivity index (χ2v) is 10.0. The van der Waals surface area contributed by atoms with Crippen molar-refractivity contribution in [2.75, 3.05) is 7.05 Å². The second-order valence-electron chi connectivity index (χ2n) is 7.14. The smallest absolute Gasteiger partial charge is 0.267 e. The van der Waals surface area contributed by atoms with Gasteiger partial charge in [0, 0.05) is 19.2 Å². The Morgan fingerprint density at radius 1 is 1.00 bits per heavy atom. The summed E-state index contributed by atoms with van der Waals surface area (Å²) in [5.41, 5.74) is 5.26. The van der Waals surface area contributed by atoms with Gasteiger partial charge in [-0.1, -0.05) is 59.1 Å². The molecule has 0 radical (unpaired) electrons. The summed E-state index contributed by atoms with van der Waals surface area (Å²) in [6.07, 6.45) is 1.46. The number of aryl methyl sites for hydroxylation is 1. The Hall–Kier alpha value is -2.71. The van der Waals surface area contributed by atoms with Crippen molar-refractivity contribution in [3.63, 3.8) is 0 Å². The number of nitrogens with one attached hydrogen (secondary N) is 1. The number of carbonyl (C=O) groups is 1. The highest BCUT2D eigenvalue weighted by Crippen LogP contribution is 2.22. The van der Waals surface area contributed by atoms with Gasteiger partial charge >= 0.3 is 0 Å². The predicted molar refractivity (Wildman–Crippen MR) is 128 cm³/mol. The molecule has 0 aliphatic heterocycles. The van der Waals surface area contributed by atoms with Gasteiger partial charge in [0.05, 0.1) is 21.2 Å². The molecule has 0 atom stereocenters. The fourth-order valence-electron chi connectivity index (χ4n) is 2.82. The third-order valence-corrected chi connectivity index (χ3v) is 7.23. The quantitative estimate of drug-likeness (QED) is 0.379. The molecule has 3 aromatic rings. The topological polar surface area (TPSA) is 78.8 Å². The van der Waals surface area contributed by atoms with Gasteiger partial charge in [-0.05, 0) is 54.4 Å². The van der Waals surface area contributed by atoms with Gasteiger partial charge in [0.15, 0.2) is 0 Å². The average Bonchev–Trinajstić information content (AvgIpc) is 2.77. The average molecular weight is 490 g/mol. The third kappa shape index (κ3) is 5.95. The van der Waals surface area contributed by atoms with E-state index >= 15 is 0 Å². The van der Waals surface area contributed by atoms with E-state index in [0.717, 1.165) is 11.1 Å². The maximum Gasteiger partial charge on any atom is 0.271 e. The van der Waals surface area contributed by atoms with E-state index in [1.165, 1.54) is 17.6 Å². The van der Waals surface area contributed by atoms with Crippen molar-refractivity contribution in [2.24, 2.45) is 5.10 Å². The minimum absolute atomic E-state index is 0.174. The SMILES string of the molecule is Cc1ccc(S(=O)(=O)N(C)Cc2ccc(C(=O)NN=Cc3ccc(Cl)c(Cl)c3)cc2)cc1. The van der Waals surface area contributed by atoms with Crippen LogP contribution in [0.25, 0.3) is 0 Å². The molecule has 0 aliphatic rings. The Balaban J connectivity index is 1.61. The number of hydrazone groups is 1. The molecule has 9 heteroatoms. The zero-order valence-corrected chi connectivity index (χ0v) is 19.7. The van der Waals surface area contributed by atoms with E-state index in [2.05, 4.69) is 10.5 Å². The first kappa shape index (κ1) is 23.9. The molecular formula is C23H21Cl2N3O3S. The lowest BCUT2D eigenvalue weighted by molar-refractivity contribution is 0.0955. The molecule has 0 aliphatic carbocycles. The van der Waals surface area contributed by atoms with Crippen LogP contribution >= 0.6 is 23.2 Å². The Morgan fingerprint density at radius 2 is 1.66 bits per heavy atom. The van der Waals surface area contributed by atoms with E-state index in [1.807, 2.05) is 6.92 Å². The van der Waals surface area contributed by atoms with E-state index in [9.17, 15) is 13.2 Å². The second kappa shape index (κ2) is 10.3. The number of nitrogens with zero attached hydrogens (tertiary/aromatic N) is 2. The molecule has 1 amide bonds. The Morgan fingerprint density at radius 3 is 2.28 bits per heavy atom. The number of carbonyl (C=O) groups excluding carboxylic acids is 1. The number of hydrogen-bond acceptors (Lipinski definition) is 4. The van der Waals surface area contributed by atoms with Crippen LogP contribution in [-0.2, 0) is 16.6 Å². The van der Waals surface area contributed by atoms with Gasteiger partial charge in [0.1, 0.15) is 0 Å². The Kier molecular flexibility index (Phi) is 7.69. The van der Waals surface area contributed by atoms with Gasteiger partial charge in [-0.25, -0.2) is 13.8 Å². The molecule has 32 heavy (non-hydrogen) atoms. The molecule has 0 unspecified atom stereocenters. The molecule has 6 nitrogen and oxygen atoms in total. The lowest BCUT2D eigenvalue weighted by atomic mass is 10.1. The summed E-state index contributed by atoms with van der Waals surface area (Å²) in [6.45, 7) is 2.07. The molecule has 3 rings (SSSR count). The largest absolute Gasteiger partial charge is 0.271 e. The molecular weight excluding hydrogens is 469 g/mol. The van der Waals surface area contributed by atoms with E-state index < -0.39 is 15.9 Å². The molecule has 0 fully saturated rings. The zero-order valence-electron chi connectivity index (χ0n) is 17.4. The Bertz CT molecular complexity index is 1240. The minimum atomic E-state index is -3.61. The van der Waals surface area contributed by atoms with Crippen LogP contribution in [0, 0.1) is 6.92 Å². The molecule has 166 valence electrons. The van der Waals surface area contributed by atoms with Crippen LogP contribution in [0.3, 0.4) is 0 Å². The molecule has 0 aromatic heterocycles. The highest BCUT2D eigenvalue weighted by molar-refractivity contribution is 7.89. The fraction of sp³-hybridized carbons (Fsp3) is 0.130. The number of halogens is 2. The third-order valence-electron chi connectivity index (χ3n) is 4.67. The van der Waals surface area contributed by atoms with Gasteiger partial charge in [-0.15, -0.1) is 0 Å². The fourth-order valence-corrected chi connectivity index (χ4v) is 4.28. The molecule has 0 heterocycles. The maximum absolute atomic E-state index is 12.7. The standard InChI is InChI=1S/C23H21Cl2N3O3S/c1-16-3-10-20(11-4-16)32(30,31)28(2)15-17-5-8-19(9-6-17)23(29)27-26-14-18-7-12-21(24)22(25)13-18/h3-14H,15H2,1-2H3,(H,27,29). The summed E-state index contributed by atoms with van der Waals surface area (Å²) in [4.78, 5) is 12.5. The first-order valence-corrected chi connectivity index (χ1v) is 11.8. The van der Waals surface area contributed by atoms with E-state index in [-0.39, 0.29) is 11.4 Å². The van der Waals surface area contributed by atoms with Crippen LogP contribution in [0.2, 0.25) is 10.0 Å². The van der Waals surface area contributed by atoms with Crippen LogP contribution in [-0.4, -0.2) is 31.9 Å². The highest BCUT2D eigenvalue weighted by Gasteiger charge is 2.20. The van der Waals surface area contributed by atoms with Gasteiger partial charge in [0.25, 0.3) is 5.91 Å². The molecule has 1 N–H and O–H groups in total. The maximum atomic E-state index is 12.7. The van der Waals surface area contributed by atoms with Crippen LogP contribution in [0.4, 0.5) is 0 Å². The van der Waals surface area contributed by atoms with Crippen LogP contribution < -0.4 is 5.43 Å². The van der Waals surface area contributed by atoms with Crippen molar-refractivity contribution in [3.8, 4) is 0 Å². The van der Waals surface area contributed by atoms with Gasteiger partial charge < -0.3 is 0 Å². The van der Waals surface area contributed by atoms with Crippen molar-refractivity contribution in [1.29, 1.82) is 0 Å². The molecule has 0 saturated carbocycles.